The Morgan fingerprint density at radius 2 is 2.24 bits per heavy atom. The van der Waals surface area contributed by atoms with Crippen LogP contribution in [-0.4, -0.2) is 24.1 Å². The Balaban J connectivity index is 1.64. The standard InChI is InChI=1S/C14H15N3O3S/c15-14-17-11(8-21-14)7-12(18)16-10-3-1-2-9(6-10)13-19-4-5-20-13/h1-3,6,8,13H,4-5,7H2,(H2,15,17)(H,16,18). The van der Waals surface area contributed by atoms with E-state index in [0.29, 0.717) is 29.7 Å². The van der Waals surface area contributed by atoms with Gasteiger partial charge in [0.25, 0.3) is 0 Å². The largest absolute Gasteiger partial charge is 0.375 e. The van der Waals surface area contributed by atoms with E-state index in [1.54, 1.807) is 5.38 Å². The first-order valence-corrected chi connectivity index (χ1v) is 7.41. The smallest absolute Gasteiger partial charge is 0.230 e. The van der Waals surface area contributed by atoms with Crippen LogP contribution in [0.5, 0.6) is 0 Å². The van der Waals surface area contributed by atoms with Crippen LogP contribution in [0.2, 0.25) is 0 Å². The average Bonchev–Trinajstić information content (AvgIpc) is 3.11. The molecule has 2 aromatic rings. The van der Waals surface area contributed by atoms with Crippen molar-refractivity contribution >= 4 is 28.1 Å². The quantitative estimate of drug-likeness (QED) is 0.901. The molecule has 0 saturated carbocycles. The molecule has 0 bridgehead atoms. The minimum atomic E-state index is -0.347. The van der Waals surface area contributed by atoms with E-state index in [2.05, 4.69) is 10.3 Å². The van der Waals surface area contributed by atoms with Crippen LogP contribution in [0.15, 0.2) is 29.6 Å². The molecule has 3 rings (SSSR count). The Bertz CT molecular complexity index is 638. The molecule has 1 saturated heterocycles. The molecule has 0 unspecified atom stereocenters. The van der Waals surface area contributed by atoms with Crippen molar-refractivity contribution in [2.45, 2.75) is 12.7 Å². The van der Waals surface area contributed by atoms with E-state index in [4.69, 9.17) is 15.2 Å². The zero-order valence-electron chi connectivity index (χ0n) is 11.2. The Hall–Kier alpha value is -1.96. The predicted molar refractivity (Wildman–Crippen MR) is 79.9 cm³/mol. The number of carbonyl (C=O) groups is 1. The zero-order valence-corrected chi connectivity index (χ0v) is 12.1. The van der Waals surface area contributed by atoms with Crippen molar-refractivity contribution in [3.63, 3.8) is 0 Å². The lowest BCUT2D eigenvalue weighted by Gasteiger charge is -2.11. The second kappa shape index (κ2) is 6.21. The van der Waals surface area contributed by atoms with Crippen LogP contribution in [-0.2, 0) is 20.7 Å². The molecule has 0 aliphatic carbocycles. The van der Waals surface area contributed by atoms with Gasteiger partial charge in [-0.2, -0.15) is 0 Å². The molecule has 1 aliphatic rings. The zero-order chi connectivity index (χ0) is 14.7. The number of nitrogens with two attached hydrogens (primary N) is 1. The summed E-state index contributed by atoms with van der Waals surface area (Å²) in [6.45, 7) is 1.18. The number of rotatable bonds is 4. The number of nitrogen functional groups attached to an aromatic ring is 1. The topological polar surface area (TPSA) is 86.5 Å². The average molecular weight is 305 g/mol. The molecule has 0 radical (unpaired) electrons. The second-order valence-corrected chi connectivity index (χ2v) is 5.49. The fourth-order valence-electron chi connectivity index (χ4n) is 2.09. The summed E-state index contributed by atoms with van der Waals surface area (Å²) in [5.74, 6) is -0.134. The molecular weight excluding hydrogens is 290 g/mol. The Kier molecular flexibility index (Phi) is 4.14. The third-order valence-corrected chi connectivity index (χ3v) is 3.70. The molecule has 2 heterocycles. The highest BCUT2D eigenvalue weighted by molar-refractivity contribution is 7.13. The van der Waals surface area contributed by atoms with Crippen LogP contribution in [0.1, 0.15) is 17.5 Å². The van der Waals surface area contributed by atoms with Gasteiger partial charge in [-0.25, -0.2) is 4.98 Å². The molecule has 3 N–H and O–H groups in total. The van der Waals surface area contributed by atoms with Crippen LogP contribution in [0.25, 0.3) is 0 Å². The predicted octanol–water partition coefficient (Wildman–Crippen LogP) is 1.95. The third kappa shape index (κ3) is 3.57. The SMILES string of the molecule is Nc1nc(CC(=O)Nc2cccc(C3OCCO3)c2)cs1. The molecule has 1 aromatic carbocycles. The van der Waals surface area contributed by atoms with Gasteiger partial charge in [-0.1, -0.05) is 12.1 Å². The number of ether oxygens (including phenoxy) is 2. The maximum Gasteiger partial charge on any atom is 0.230 e. The minimum Gasteiger partial charge on any atom is -0.375 e. The first-order valence-electron chi connectivity index (χ1n) is 6.53. The van der Waals surface area contributed by atoms with Crippen molar-refractivity contribution in [1.29, 1.82) is 0 Å². The van der Waals surface area contributed by atoms with Crippen molar-refractivity contribution in [3.8, 4) is 0 Å². The summed E-state index contributed by atoms with van der Waals surface area (Å²) in [4.78, 5) is 16.0. The number of carbonyl (C=O) groups excluding carboxylic acids is 1. The van der Waals surface area contributed by atoms with Crippen molar-refractivity contribution < 1.29 is 14.3 Å². The maximum atomic E-state index is 12.0. The van der Waals surface area contributed by atoms with Gasteiger partial charge in [0.2, 0.25) is 5.91 Å². The molecule has 1 fully saturated rings. The molecule has 0 atom stereocenters. The maximum absolute atomic E-state index is 12.0. The number of thiazole rings is 1. The number of hydrogen-bond acceptors (Lipinski definition) is 6. The van der Waals surface area contributed by atoms with Gasteiger partial charge in [-0.15, -0.1) is 11.3 Å². The summed E-state index contributed by atoms with van der Waals surface area (Å²) in [5, 5.41) is 5.09. The van der Waals surface area contributed by atoms with Crippen LogP contribution >= 0.6 is 11.3 Å². The van der Waals surface area contributed by atoms with Gasteiger partial charge in [0.1, 0.15) is 0 Å². The van der Waals surface area contributed by atoms with Crippen LogP contribution in [0, 0.1) is 0 Å². The lowest BCUT2D eigenvalue weighted by atomic mass is 10.2. The molecular formula is C14H15N3O3S. The van der Waals surface area contributed by atoms with Gasteiger partial charge >= 0.3 is 0 Å². The van der Waals surface area contributed by atoms with E-state index in [-0.39, 0.29) is 18.6 Å². The number of nitrogens with one attached hydrogen (secondary N) is 1. The normalized spacial score (nSPS) is 15.2. The lowest BCUT2D eigenvalue weighted by molar-refractivity contribution is -0.115. The van der Waals surface area contributed by atoms with Crippen LogP contribution in [0.4, 0.5) is 10.8 Å². The highest BCUT2D eigenvalue weighted by Gasteiger charge is 2.18. The van der Waals surface area contributed by atoms with Crippen LogP contribution in [0.3, 0.4) is 0 Å². The fourth-order valence-corrected chi connectivity index (χ4v) is 2.65. The Labute approximate surface area is 125 Å². The van der Waals surface area contributed by atoms with Crippen molar-refractivity contribution in [3.05, 3.63) is 40.9 Å². The van der Waals surface area contributed by atoms with Gasteiger partial charge in [0.05, 0.1) is 25.3 Å². The van der Waals surface area contributed by atoms with E-state index in [1.807, 2.05) is 24.3 Å². The van der Waals surface area contributed by atoms with Gasteiger partial charge in [0, 0.05) is 16.6 Å². The fraction of sp³-hybridized carbons (Fsp3) is 0.286. The first-order chi connectivity index (χ1) is 10.2. The molecule has 0 spiro atoms. The van der Waals surface area contributed by atoms with Gasteiger partial charge in [0.15, 0.2) is 11.4 Å². The molecule has 1 aromatic heterocycles. The summed E-state index contributed by atoms with van der Waals surface area (Å²) in [7, 11) is 0. The third-order valence-electron chi connectivity index (χ3n) is 2.98. The molecule has 110 valence electrons. The van der Waals surface area contributed by atoms with Gasteiger partial charge in [-0.05, 0) is 12.1 Å². The summed E-state index contributed by atoms with van der Waals surface area (Å²) < 4.78 is 10.9. The van der Waals surface area contributed by atoms with E-state index in [0.717, 1.165) is 5.56 Å². The second-order valence-electron chi connectivity index (χ2n) is 4.60. The van der Waals surface area contributed by atoms with E-state index < -0.39 is 0 Å². The molecule has 21 heavy (non-hydrogen) atoms. The number of anilines is 2. The highest BCUT2D eigenvalue weighted by Crippen LogP contribution is 2.25. The Morgan fingerprint density at radius 1 is 1.43 bits per heavy atom. The summed E-state index contributed by atoms with van der Waals surface area (Å²) >= 11 is 1.33. The van der Waals surface area contributed by atoms with Crippen molar-refractivity contribution in [1.82, 2.24) is 4.98 Å². The molecule has 6 nitrogen and oxygen atoms in total. The monoisotopic (exact) mass is 305 g/mol. The van der Waals surface area contributed by atoms with Gasteiger partial charge < -0.3 is 20.5 Å². The highest BCUT2D eigenvalue weighted by atomic mass is 32.1. The molecule has 7 heteroatoms. The number of nitrogens with zero attached hydrogens (tertiary/aromatic N) is 1. The number of amides is 1. The van der Waals surface area contributed by atoms with E-state index >= 15 is 0 Å². The van der Waals surface area contributed by atoms with Crippen molar-refractivity contribution in [2.75, 3.05) is 24.3 Å². The molecule has 1 aliphatic heterocycles. The minimum absolute atomic E-state index is 0.134. The lowest BCUT2D eigenvalue weighted by Crippen LogP contribution is -2.15. The molecule has 1 amide bonds. The van der Waals surface area contributed by atoms with Crippen molar-refractivity contribution in [2.24, 2.45) is 0 Å². The number of benzene rings is 1. The number of aromatic nitrogens is 1. The van der Waals surface area contributed by atoms with E-state index in [1.165, 1.54) is 11.3 Å². The Morgan fingerprint density at radius 3 is 2.95 bits per heavy atom. The summed E-state index contributed by atoms with van der Waals surface area (Å²) in [6, 6.07) is 7.44. The van der Waals surface area contributed by atoms with Gasteiger partial charge in [-0.3, -0.25) is 4.79 Å². The summed E-state index contributed by atoms with van der Waals surface area (Å²) in [6.07, 6.45) is -0.144. The number of hydrogen-bond donors (Lipinski definition) is 2. The van der Waals surface area contributed by atoms with Crippen LogP contribution < -0.4 is 11.1 Å². The van der Waals surface area contributed by atoms with E-state index in [9.17, 15) is 4.79 Å². The first kappa shape index (κ1) is 14.0. The summed E-state index contributed by atoms with van der Waals surface area (Å²) in [5.41, 5.74) is 7.82.